The van der Waals surface area contributed by atoms with Crippen LogP contribution in [0.25, 0.3) is 22.5 Å². The number of amidine groups is 2. The van der Waals surface area contributed by atoms with Gasteiger partial charge in [-0.25, -0.2) is 26.8 Å². The summed E-state index contributed by atoms with van der Waals surface area (Å²) in [6.45, 7) is 5.28. The molecule has 73 heavy (non-hydrogen) atoms. The van der Waals surface area contributed by atoms with Crippen LogP contribution in [-0.4, -0.2) is 109 Å². The number of ether oxygens (including phenoxy) is 2. The number of nitrogens with two attached hydrogens (primary N) is 2. The Morgan fingerprint density at radius 3 is 1.66 bits per heavy atom. The number of sulfonamides is 2. The lowest BCUT2D eigenvalue weighted by molar-refractivity contribution is 0.0626. The van der Waals surface area contributed by atoms with Crippen molar-refractivity contribution < 1.29 is 35.9 Å². The Morgan fingerprint density at radius 2 is 1.14 bits per heavy atom. The third kappa shape index (κ3) is 10.7. The van der Waals surface area contributed by atoms with Crippen LogP contribution in [0.4, 0.5) is 0 Å². The highest BCUT2D eigenvalue weighted by Gasteiger charge is 2.30. The van der Waals surface area contributed by atoms with E-state index in [4.69, 9.17) is 20.9 Å². The van der Waals surface area contributed by atoms with E-state index in [0.29, 0.717) is 95.9 Å². The Morgan fingerprint density at radius 1 is 0.616 bits per heavy atom. The number of hydrogen-bond acceptors (Lipinski definition) is 12. The van der Waals surface area contributed by atoms with E-state index >= 15 is 0 Å². The molecule has 8 heterocycles. The molecule has 0 aliphatic carbocycles. The first-order valence-corrected chi connectivity index (χ1v) is 27.3. The van der Waals surface area contributed by atoms with Crippen molar-refractivity contribution in [3.63, 3.8) is 0 Å². The fourth-order valence-corrected chi connectivity index (χ4v) is 12.2. The van der Waals surface area contributed by atoms with E-state index in [1.807, 2.05) is 92.8 Å². The van der Waals surface area contributed by atoms with Crippen molar-refractivity contribution in [1.29, 1.82) is 0 Å². The zero-order valence-electron chi connectivity index (χ0n) is 40.1. The number of carbonyl (C=O) groups is 2. The molecule has 4 aliphatic rings. The minimum absolute atomic E-state index is 0.0261. The summed E-state index contributed by atoms with van der Waals surface area (Å²) >= 11 is 0. The number of aryl methyl sites for hydroxylation is 1. The highest BCUT2D eigenvalue weighted by molar-refractivity contribution is 7.89. The molecule has 4 aliphatic heterocycles. The van der Waals surface area contributed by atoms with E-state index in [2.05, 4.69) is 18.8 Å². The molecule has 4 aromatic heterocycles. The van der Waals surface area contributed by atoms with Gasteiger partial charge in [0.2, 0.25) is 0 Å². The van der Waals surface area contributed by atoms with Crippen LogP contribution >= 0.6 is 0 Å². The number of benzene rings is 3. The summed E-state index contributed by atoms with van der Waals surface area (Å²) in [6.07, 6.45) is 10.8. The van der Waals surface area contributed by atoms with Crippen LogP contribution in [0.15, 0.2) is 137 Å². The Hall–Kier alpha value is -7.84. The van der Waals surface area contributed by atoms with Gasteiger partial charge in [0.05, 0.1) is 41.4 Å². The molecule has 0 spiro atoms. The van der Waals surface area contributed by atoms with Crippen LogP contribution in [0.5, 0.6) is 11.5 Å². The zero-order valence-corrected chi connectivity index (χ0v) is 41.7. The number of hydrogen-bond donors (Lipinski definition) is 2. The van der Waals surface area contributed by atoms with E-state index < -0.39 is 20.0 Å². The van der Waals surface area contributed by atoms with Crippen molar-refractivity contribution in [3.05, 3.63) is 167 Å². The minimum Gasteiger partial charge on any atom is -0.492 e. The fraction of sp³-hybridized carbons (Fsp3) is 0.283. The summed E-state index contributed by atoms with van der Waals surface area (Å²) in [5.74, 6) is 2.17. The quantitative estimate of drug-likeness (QED) is 0.157. The lowest BCUT2D eigenvalue weighted by Crippen LogP contribution is -2.41. The van der Waals surface area contributed by atoms with E-state index in [1.165, 1.54) is 0 Å². The number of fused-ring (bicyclic) bond motifs is 3. The summed E-state index contributed by atoms with van der Waals surface area (Å²) in [5.41, 5.74) is 17.4. The van der Waals surface area contributed by atoms with E-state index in [9.17, 15) is 26.4 Å². The Balaban J connectivity index is 0.000000168. The normalized spacial score (nSPS) is 18.8. The minimum atomic E-state index is -3.61. The smallest absolute Gasteiger partial charge is 0.259 e. The van der Waals surface area contributed by atoms with Crippen LogP contribution in [0.3, 0.4) is 0 Å². The highest BCUT2D eigenvalue weighted by atomic mass is 32.2. The molecule has 376 valence electrons. The Labute approximate surface area is 423 Å². The lowest BCUT2D eigenvalue weighted by Gasteiger charge is -2.33. The fourth-order valence-electron chi connectivity index (χ4n) is 9.99. The van der Waals surface area contributed by atoms with Crippen LogP contribution in [0, 0.1) is 18.8 Å². The molecule has 20 heteroatoms. The third-order valence-corrected chi connectivity index (χ3v) is 15.8. The van der Waals surface area contributed by atoms with Crippen molar-refractivity contribution in [2.75, 3.05) is 39.4 Å². The first kappa shape index (κ1) is 48.8. The predicted molar refractivity (Wildman–Crippen MR) is 277 cm³/mol. The van der Waals surface area contributed by atoms with E-state index in [1.54, 1.807) is 60.9 Å². The number of carbonyl (C=O) groups excluding carboxylic acids is 2. The Bertz CT molecular complexity index is 3550. The summed E-state index contributed by atoms with van der Waals surface area (Å²) in [4.78, 5) is 39.4. The maximum absolute atomic E-state index is 13.5. The molecule has 18 nitrogen and oxygen atoms in total. The predicted octanol–water partition coefficient (Wildman–Crippen LogP) is 6.17. The summed E-state index contributed by atoms with van der Waals surface area (Å²) in [7, 11) is -7.22. The molecule has 2 saturated heterocycles. The van der Waals surface area contributed by atoms with Gasteiger partial charge < -0.3 is 39.9 Å². The molecule has 11 rings (SSSR count). The molecule has 2 fully saturated rings. The number of nitrogens with zero attached hydrogens (tertiary/aromatic N) is 8. The number of aromatic nitrogens is 4. The Kier molecular flexibility index (Phi) is 13.6. The van der Waals surface area contributed by atoms with Gasteiger partial charge in [-0.15, -0.1) is 8.80 Å². The van der Waals surface area contributed by atoms with Gasteiger partial charge in [0, 0.05) is 79.6 Å². The van der Waals surface area contributed by atoms with Gasteiger partial charge in [0.1, 0.15) is 34.8 Å². The maximum atomic E-state index is 13.5. The first-order chi connectivity index (χ1) is 35.2. The summed E-state index contributed by atoms with van der Waals surface area (Å²) in [5, 5.41) is 1.11. The molecule has 2 atom stereocenters. The maximum Gasteiger partial charge on any atom is 0.259 e. The molecule has 2 amide bonds. The summed E-state index contributed by atoms with van der Waals surface area (Å²) < 4.78 is 71.2. The topological polar surface area (TPSA) is 240 Å². The second kappa shape index (κ2) is 20.3. The van der Waals surface area contributed by atoms with Gasteiger partial charge in [0.25, 0.3) is 31.9 Å². The van der Waals surface area contributed by atoms with Crippen molar-refractivity contribution >= 4 is 54.4 Å². The number of likely N-dealkylation sites (tertiary alicyclic amines) is 2. The largest absolute Gasteiger partial charge is 0.492 e. The van der Waals surface area contributed by atoms with Gasteiger partial charge in [0.15, 0.2) is 0 Å². The van der Waals surface area contributed by atoms with Crippen molar-refractivity contribution in [3.8, 4) is 23.1 Å². The molecule has 3 aromatic carbocycles. The van der Waals surface area contributed by atoms with Gasteiger partial charge in [-0.05, 0) is 110 Å². The molecular weight excluding hydrogens is 969 g/mol. The number of rotatable bonds is 10. The molecule has 0 saturated carbocycles. The van der Waals surface area contributed by atoms with Gasteiger partial charge in [-0.2, -0.15) is 0 Å². The molecule has 0 bridgehead atoms. The molecular formula is C53H54N10O8S2. The highest BCUT2D eigenvalue weighted by Crippen LogP contribution is 2.32. The SMILES string of the molecule is Cc1cccn1-c1cc(C(=O)N2CCC[C@H](COc3cccc4c3C(N)=NS(=O)(=O)C4)C2)ccn1.NC1=NS(=O)(=O)Cc2cccc(OC[C@H]3CCCN(C(=O)c4ccnc(-n5ccc6ccccc65)c4)C3)c21. The number of amides is 2. The van der Waals surface area contributed by atoms with Crippen LogP contribution in [0.2, 0.25) is 0 Å². The van der Waals surface area contributed by atoms with E-state index in [0.717, 1.165) is 42.3 Å². The first-order valence-electron chi connectivity index (χ1n) is 24.1. The van der Waals surface area contributed by atoms with Crippen molar-refractivity contribution in [2.24, 2.45) is 32.1 Å². The molecule has 0 radical (unpaired) electrons. The number of para-hydroxylation sites is 1. The summed E-state index contributed by atoms with van der Waals surface area (Å²) in [6, 6.07) is 31.7. The molecule has 7 aromatic rings. The zero-order chi connectivity index (χ0) is 50.9. The molecule has 0 unspecified atom stereocenters. The van der Waals surface area contributed by atoms with Gasteiger partial charge >= 0.3 is 0 Å². The third-order valence-electron chi connectivity index (χ3n) is 13.5. The van der Waals surface area contributed by atoms with Gasteiger partial charge in [-0.3, -0.25) is 9.59 Å². The van der Waals surface area contributed by atoms with Crippen molar-refractivity contribution in [1.82, 2.24) is 28.9 Å². The number of piperidine rings is 2. The number of pyridine rings is 2. The molecule has 4 N–H and O–H groups in total. The van der Waals surface area contributed by atoms with Crippen molar-refractivity contribution in [2.45, 2.75) is 44.1 Å². The monoisotopic (exact) mass is 1020 g/mol. The van der Waals surface area contributed by atoms with Crippen LogP contribution in [0.1, 0.15) is 74.3 Å². The average Bonchev–Trinajstić information content (AvgIpc) is 4.03. The average molecular weight is 1020 g/mol. The van der Waals surface area contributed by atoms with E-state index in [-0.39, 0.29) is 46.8 Å². The second-order valence-electron chi connectivity index (χ2n) is 18.7. The van der Waals surface area contributed by atoms with Gasteiger partial charge in [-0.1, -0.05) is 42.5 Å². The standard InChI is InChI=1S/C28H27N5O4S.C25H27N5O4S/c29-27-26-22(18-38(35,36)31-27)7-3-9-24(26)37-17-19-5-4-13-32(16-19)28(34)21-10-12-30-25(15-21)33-14-11-20-6-1-2-8-23(20)33;1-17-5-3-12-30(17)22-13-19(9-10-27-22)25(31)29-11-4-6-18(14-29)15-34-21-8-2-7-20-16-35(32,33)28-24(26)23(20)21/h1-3,6-12,14-15,19H,4-5,13,16-18H2,(H2,29,31);2-3,5,7-10,12-13,18H,4,6,11,14-16H2,1H3,(H2,26,28)/t19-;18-/m00/s1. The van der Waals surface area contributed by atoms with Crippen LogP contribution in [-0.2, 0) is 31.6 Å². The second-order valence-corrected chi connectivity index (χ2v) is 22.0. The lowest BCUT2D eigenvalue weighted by atomic mass is 9.98. The van der Waals surface area contributed by atoms with Crippen LogP contribution < -0.4 is 20.9 Å².